The molecule has 3 heterocycles. The summed E-state index contributed by atoms with van der Waals surface area (Å²) in [6, 6.07) is 2.49. The number of primary amides is 1. The molecule has 0 aromatic carbocycles. The molecule has 0 radical (unpaired) electrons. The third-order valence-corrected chi connectivity index (χ3v) is 7.97. The van der Waals surface area contributed by atoms with Gasteiger partial charge in [-0.05, 0) is 37.1 Å². The van der Waals surface area contributed by atoms with E-state index in [1.807, 2.05) is 0 Å². The van der Waals surface area contributed by atoms with Crippen molar-refractivity contribution >= 4 is 27.3 Å². The van der Waals surface area contributed by atoms with Gasteiger partial charge in [0, 0.05) is 25.2 Å². The van der Waals surface area contributed by atoms with Crippen LogP contribution in [0.15, 0.2) is 21.7 Å². The maximum atomic E-state index is 12.9. The van der Waals surface area contributed by atoms with E-state index in [9.17, 15) is 13.2 Å². The van der Waals surface area contributed by atoms with E-state index in [1.54, 1.807) is 17.5 Å². The first-order valence-electron chi connectivity index (χ1n) is 7.40. The molecular formula is C14H20N2O4S2. The zero-order valence-corrected chi connectivity index (χ0v) is 13.9. The summed E-state index contributed by atoms with van der Waals surface area (Å²) in [6.07, 6.45) is 2.92. The lowest BCUT2D eigenvalue weighted by Crippen LogP contribution is -2.61. The summed E-state index contributed by atoms with van der Waals surface area (Å²) in [7, 11) is -3.68. The third-order valence-electron chi connectivity index (χ3n) is 4.74. The molecule has 1 spiro atoms. The topological polar surface area (TPSA) is 89.7 Å². The van der Waals surface area contributed by atoms with Gasteiger partial charge in [0.1, 0.15) is 10.3 Å². The van der Waals surface area contributed by atoms with E-state index < -0.39 is 22.0 Å². The number of carbonyl (C=O) groups excluding carboxylic acids is 1. The van der Waals surface area contributed by atoms with Crippen LogP contribution in [-0.2, 0) is 19.6 Å². The van der Waals surface area contributed by atoms with E-state index in [2.05, 4.69) is 0 Å². The normalized spacial score (nSPS) is 26.1. The van der Waals surface area contributed by atoms with Crippen LogP contribution in [0.25, 0.3) is 0 Å². The summed E-state index contributed by atoms with van der Waals surface area (Å²) in [5.41, 5.74) is 5.25. The standard InChI is InChI=1S/C14H20N2O4S2/c15-13(17)12-14(5-8-20-9-6-14)4-2-7-16(12)22(18,19)11-3-1-10-21-11/h1,3,10,12H,2,4-9H2,(H2,15,17). The molecule has 122 valence electrons. The van der Waals surface area contributed by atoms with Gasteiger partial charge in [0.2, 0.25) is 5.91 Å². The van der Waals surface area contributed by atoms with Crippen LogP contribution in [0.5, 0.6) is 0 Å². The molecule has 3 rings (SSSR count). The van der Waals surface area contributed by atoms with Gasteiger partial charge in [0.25, 0.3) is 10.0 Å². The van der Waals surface area contributed by atoms with Gasteiger partial charge in [-0.3, -0.25) is 4.79 Å². The van der Waals surface area contributed by atoms with Crippen LogP contribution in [0.4, 0.5) is 0 Å². The number of thiophene rings is 1. The van der Waals surface area contributed by atoms with E-state index in [4.69, 9.17) is 10.5 Å². The average molecular weight is 344 g/mol. The fourth-order valence-corrected chi connectivity index (χ4v) is 6.53. The van der Waals surface area contributed by atoms with E-state index >= 15 is 0 Å². The Morgan fingerprint density at radius 2 is 2.09 bits per heavy atom. The van der Waals surface area contributed by atoms with Crippen molar-refractivity contribution in [3.63, 3.8) is 0 Å². The maximum absolute atomic E-state index is 12.9. The minimum Gasteiger partial charge on any atom is -0.381 e. The number of carbonyl (C=O) groups is 1. The van der Waals surface area contributed by atoms with E-state index in [0.717, 1.165) is 12.8 Å². The second-order valence-corrected chi connectivity index (χ2v) is 9.00. The molecule has 1 aromatic rings. The number of ether oxygens (including phenoxy) is 1. The number of nitrogens with two attached hydrogens (primary N) is 1. The van der Waals surface area contributed by atoms with Crippen LogP contribution in [0.3, 0.4) is 0 Å². The van der Waals surface area contributed by atoms with Crippen LogP contribution in [-0.4, -0.2) is 44.4 Å². The Balaban J connectivity index is 2.01. The molecule has 0 bridgehead atoms. The molecule has 22 heavy (non-hydrogen) atoms. The monoisotopic (exact) mass is 344 g/mol. The molecule has 2 aliphatic heterocycles. The maximum Gasteiger partial charge on any atom is 0.253 e. The molecule has 0 aliphatic carbocycles. The summed E-state index contributed by atoms with van der Waals surface area (Å²) in [5.74, 6) is -0.554. The minimum atomic E-state index is -3.68. The zero-order chi connectivity index (χ0) is 15.8. The molecule has 0 saturated carbocycles. The van der Waals surface area contributed by atoms with Crippen molar-refractivity contribution in [1.29, 1.82) is 0 Å². The second kappa shape index (κ2) is 5.92. The molecule has 1 atom stereocenters. The molecular weight excluding hydrogens is 324 g/mol. The molecule has 6 nitrogen and oxygen atoms in total. The largest absolute Gasteiger partial charge is 0.381 e. The predicted octanol–water partition coefficient (Wildman–Crippen LogP) is 1.18. The second-order valence-electron chi connectivity index (χ2n) is 5.93. The highest BCUT2D eigenvalue weighted by molar-refractivity contribution is 7.91. The van der Waals surface area contributed by atoms with Gasteiger partial charge >= 0.3 is 0 Å². The van der Waals surface area contributed by atoms with Crippen molar-refractivity contribution in [2.45, 2.75) is 35.9 Å². The van der Waals surface area contributed by atoms with Gasteiger partial charge in [0.05, 0.1) is 0 Å². The molecule has 1 amide bonds. The molecule has 1 aromatic heterocycles. The molecule has 2 saturated heterocycles. The zero-order valence-electron chi connectivity index (χ0n) is 12.2. The van der Waals surface area contributed by atoms with Crippen LogP contribution < -0.4 is 5.73 Å². The Morgan fingerprint density at radius 3 is 2.68 bits per heavy atom. The SMILES string of the molecule is NC(=O)C1N(S(=O)(=O)c2cccs2)CCCC12CCOCC2. The van der Waals surface area contributed by atoms with Crippen molar-refractivity contribution in [3.05, 3.63) is 17.5 Å². The van der Waals surface area contributed by atoms with Gasteiger partial charge in [-0.15, -0.1) is 11.3 Å². The summed E-state index contributed by atoms with van der Waals surface area (Å²) in [6.45, 7) is 1.45. The smallest absolute Gasteiger partial charge is 0.253 e. The highest BCUT2D eigenvalue weighted by Gasteiger charge is 2.52. The van der Waals surface area contributed by atoms with E-state index in [0.29, 0.717) is 32.6 Å². The Hall–Kier alpha value is -0.960. The summed E-state index contributed by atoms with van der Waals surface area (Å²) < 4.78 is 32.8. The predicted molar refractivity (Wildman–Crippen MR) is 82.9 cm³/mol. The lowest BCUT2D eigenvalue weighted by molar-refractivity contribution is -0.132. The Morgan fingerprint density at radius 1 is 1.36 bits per heavy atom. The number of hydrogen-bond donors (Lipinski definition) is 1. The quantitative estimate of drug-likeness (QED) is 0.892. The Labute approximate surface area is 134 Å². The van der Waals surface area contributed by atoms with Gasteiger partial charge < -0.3 is 10.5 Å². The van der Waals surface area contributed by atoms with Gasteiger partial charge in [0.15, 0.2) is 0 Å². The number of piperidine rings is 1. The first-order chi connectivity index (χ1) is 10.5. The lowest BCUT2D eigenvalue weighted by atomic mass is 9.68. The van der Waals surface area contributed by atoms with Crippen LogP contribution in [0.1, 0.15) is 25.7 Å². The van der Waals surface area contributed by atoms with Crippen LogP contribution in [0, 0.1) is 5.41 Å². The van der Waals surface area contributed by atoms with Crippen molar-refractivity contribution in [3.8, 4) is 0 Å². The lowest BCUT2D eigenvalue weighted by Gasteiger charge is -2.49. The molecule has 2 N–H and O–H groups in total. The first kappa shape index (κ1) is 15.9. The number of nitrogens with zero attached hydrogens (tertiary/aromatic N) is 1. The van der Waals surface area contributed by atoms with Gasteiger partial charge in [-0.25, -0.2) is 8.42 Å². The van der Waals surface area contributed by atoms with E-state index in [-0.39, 0.29) is 9.62 Å². The van der Waals surface area contributed by atoms with Gasteiger partial charge in [-0.2, -0.15) is 4.31 Å². The fourth-order valence-electron chi connectivity index (χ4n) is 3.69. The fraction of sp³-hybridized carbons (Fsp3) is 0.643. The minimum absolute atomic E-state index is 0.267. The molecule has 1 unspecified atom stereocenters. The molecule has 2 aliphatic rings. The van der Waals surface area contributed by atoms with Crippen LogP contribution >= 0.6 is 11.3 Å². The van der Waals surface area contributed by atoms with Crippen molar-refractivity contribution < 1.29 is 17.9 Å². The van der Waals surface area contributed by atoms with Crippen molar-refractivity contribution in [2.24, 2.45) is 11.1 Å². The highest BCUT2D eigenvalue weighted by atomic mass is 32.2. The highest BCUT2D eigenvalue weighted by Crippen LogP contribution is 2.45. The summed E-state index contributed by atoms with van der Waals surface area (Å²) in [4.78, 5) is 12.1. The number of sulfonamides is 1. The summed E-state index contributed by atoms with van der Waals surface area (Å²) in [5, 5.41) is 1.72. The Bertz CT molecular complexity index is 630. The Kier molecular flexibility index (Phi) is 4.28. The number of hydrogen-bond acceptors (Lipinski definition) is 5. The van der Waals surface area contributed by atoms with E-state index in [1.165, 1.54) is 15.6 Å². The van der Waals surface area contributed by atoms with Crippen molar-refractivity contribution in [2.75, 3.05) is 19.8 Å². The average Bonchev–Trinajstić information content (AvgIpc) is 3.02. The number of amides is 1. The molecule has 2 fully saturated rings. The van der Waals surface area contributed by atoms with Gasteiger partial charge in [-0.1, -0.05) is 6.07 Å². The summed E-state index contributed by atoms with van der Waals surface area (Å²) >= 11 is 1.17. The first-order valence-corrected chi connectivity index (χ1v) is 9.72. The van der Waals surface area contributed by atoms with Crippen LogP contribution in [0.2, 0.25) is 0 Å². The number of rotatable bonds is 3. The third kappa shape index (κ3) is 2.58. The van der Waals surface area contributed by atoms with Crippen molar-refractivity contribution in [1.82, 2.24) is 4.31 Å². The molecule has 8 heteroatoms.